The first-order valence-electron chi connectivity index (χ1n) is 9.19. The highest BCUT2D eigenvalue weighted by atomic mass is 32.1. The predicted molar refractivity (Wildman–Crippen MR) is 103 cm³/mol. The SMILES string of the molecule is COC(=O)c1sccc1NC(=O)[C@@H]1CCCN(c2cc(C3CC3)ncn2)C1. The van der Waals surface area contributed by atoms with Crippen molar-refractivity contribution in [3.05, 3.63) is 34.4 Å². The fourth-order valence-corrected chi connectivity index (χ4v) is 4.20. The van der Waals surface area contributed by atoms with Crippen molar-refractivity contribution in [1.29, 1.82) is 0 Å². The Morgan fingerprint density at radius 2 is 2.15 bits per heavy atom. The Morgan fingerprint density at radius 1 is 1.30 bits per heavy atom. The van der Waals surface area contributed by atoms with E-state index >= 15 is 0 Å². The number of hydrogen-bond acceptors (Lipinski definition) is 7. The second-order valence-corrected chi connectivity index (χ2v) is 7.92. The lowest BCUT2D eigenvalue weighted by Crippen LogP contribution is -2.41. The van der Waals surface area contributed by atoms with Crippen LogP contribution in [0.3, 0.4) is 0 Å². The summed E-state index contributed by atoms with van der Waals surface area (Å²) in [6, 6.07) is 3.80. The zero-order valence-corrected chi connectivity index (χ0v) is 16.0. The first kappa shape index (κ1) is 17.9. The van der Waals surface area contributed by atoms with Gasteiger partial charge in [0.25, 0.3) is 0 Å². The third kappa shape index (κ3) is 3.95. The minimum absolute atomic E-state index is 0.0697. The monoisotopic (exact) mass is 386 g/mol. The van der Waals surface area contributed by atoms with E-state index in [1.807, 2.05) is 0 Å². The molecule has 2 fully saturated rings. The summed E-state index contributed by atoms with van der Waals surface area (Å²) >= 11 is 1.26. The molecule has 7 nitrogen and oxygen atoms in total. The van der Waals surface area contributed by atoms with Crippen molar-refractivity contribution in [3.63, 3.8) is 0 Å². The summed E-state index contributed by atoms with van der Waals surface area (Å²) in [7, 11) is 1.34. The topological polar surface area (TPSA) is 84.4 Å². The summed E-state index contributed by atoms with van der Waals surface area (Å²) in [6.45, 7) is 1.50. The normalized spacial score (nSPS) is 19.6. The number of nitrogens with zero attached hydrogens (tertiary/aromatic N) is 3. The molecule has 1 amide bonds. The van der Waals surface area contributed by atoms with E-state index in [1.165, 1.54) is 31.3 Å². The van der Waals surface area contributed by atoms with Crippen LogP contribution in [0.25, 0.3) is 0 Å². The van der Waals surface area contributed by atoms with Gasteiger partial charge in [0.2, 0.25) is 5.91 Å². The van der Waals surface area contributed by atoms with E-state index in [4.69, 9.17) is 4.74 Å². The van der Waals surface area contributed by atoms with Crippen molar-refractivity contribution in [1.82, 2.24) is 9.97 Å². The van der Waals surface area contributed by atoms with Crippen LogP contribution in [0.4, 0.5) is 11.5 Å². The number of anilines is 2. The van der Waals surface area contributed by atoms with Crippen molar-refractivity contribution in [2.75, 3.05) is 30.4 Å². The Bertz CT molecular complexity index is 849. The molecule has 4 rings (SSSR count). The number of carbonyl (C=O) groups is 2. The maximum Gasteiger partial charge on any atom is 0.350 e. The van der Waals surface area contributed by atoms with Gasteiger partial charge >= 0.3 is 5.97 Å². The summed E-state index contributed by atoms with van der Waals surface area (Å²) in [4.78, 5) is 35.9. The standard InChI is InChI=1S/C19H22N4O3S/c1-26-19(25)17-14(6-8-27-17)22-18(24)13-3-2-7-23(10-13)16-9-15(12-4-5-12)20-11-21-16/h6,8-9,11-13H,2-5,7,10H2,1H3,(H,22,24)/t13-/m1/s1. The van der Waals surface area contributed by atoms with Gasteiger partial charge in [-0.3, -0.25) is 4.79 Å². The van der Waals surface area contributed by atoms with E-state index in [0.29, 0.717) is 23.0 Å². The molecule has 27 heavy (non-hydrogen) atoms. The van der Waals surface area contributed by atoms with Gasteiger partial charge in [-0.15, -0.1) is 11.3 Å². The van der Waals surface area contributed by atoms with Crippen molar-refractivity contribution in [2.24, 2.45) is 5.92 Å². The Labute approximate surface area is 161 Å². The van der Waals surface area contributed by atoms with Crippen molar-refractivity contribution in [2.45, 2.75) is 31.6 Å². The van der Waals surface area contributed by atoms with Gasteiger partial charge in [-0.2, -0.15) is 0 Å². The quantitative estimate of drug-likeness (QED) is 0.795. The number of nitrogens with one attached hydrogen (secondary N) is 1. The van der Waals surface area contributed by atoms with E-state index < -0.39 is 5.97 Å². The maximum atomic E-state index is 12.8. The van der Waals surface area contributed by atoms with Crippen molar-refractivity contribution in [3.8, 4) is 0 Å². The molecule has 8 heteroatoms. The maximum absolute atomic E-state index is 12.8. The minimum Gasteiger partial charge on any atom is -0.465 e. The lowest BCUT2D eigenvalue weighted by Gasteiger charge is -2.33. The summed E-state index contributed by atoms with van der Waals surface area (Å²) in [5.41, 5.74) is 1.62. The molecule has 2 aromatic heterocycles. The van der Waals surface area contributed by atoms with Crippen LogP contribution >= 0.6 is 11.3 Å². The first-order valence-corrected chi connectivity index (χ1v) is 10.1. The minimum atomic E-state index is -0.431. The number of rotatable bonds is 5. The summed E-state index contributed by atoms with van der Waals surface area (Å²) in [5.74, 6) is 0.823. The van der Waals surface area contributed by atoms with Crippen LogP contribution in [0, 0.1) is 5.92 Å². The second-order valence-electron chi connectivity index (χ2n) is 7.00. The molecule has 1 aliphatic heterocycles. The molecule has 1 atom stereocenters. The van der Waals surface area contributed by atoms with Crippen molar-refractivity contribution >= 4 is 34.7 Å². The molecule has 0 aromatic carbocycles. The smallest absolute Gasteiger partial charge is 0.350 e. The van der Waals surface area contributed by atoms with Crippen LogP contribution in [0.1, 0.15) is 47.0 Å². The van der Waals surface area contributed by atoms with Gasteiger partial charge in [0, 0.05) is 30.8 Å². The number of aromatic nitrogens is 2. The molecule has 0 bridgehead atoms. The zero-order chi connectivity index (χ0) is 18.8. The lowest BCUT2D eigenvalue weighted by atomic mass is 9.97. The molecule has 3 heterocycles. The molecule has 1 saturated heterocycles. The molecule has 0 unspecified atom stereocenters. The van der Waals surface area contributed by atoms with Gasteiger partial charge in [0.05, 0.1) is 18.7 Å². The second kappa shape index (κ2) is 7.64. The highest BCUT2D eigenvalue weighted by Gasteiger charge is 2.29. The molecule has 1 N–H and O–H groups in total. The molecule has 0 radical (unpaired) electrons. The van der Waals surface area contributed by atoms with Crippen LogP contribution in [0.5, 0.6) is 0 Å². The van der Waals surface area contributed by atoms with Gasteiger partial charge < -0.3 is 15.0 Å². The van der Waals surface area contributed by atoms with Crippen LogP contribution in [0.2, 0.25) is 0 Å². The summed E-state index contributed by atoms with van der Waals surface area (Å²) < 4.78 is 4.77. The third-order valence-electron chi connectivity index (χ3n) is 5.08. The molecule has 1 saturated carbocycles. The average molecular weight is 386 g/mol. The number of carbonyl (C=O) groups excluding carboxylic acids is 2. The van der Waals surface area contributed by atoms with E-state index in [0.717, 1.165) is 30.9 Å². The molecule has 142 valence electrons. The highest BCUT2D eigenvalue weighted by molar-refractivity contribution is 7.12. The molecule has 0 spiro atoms. The van der Waals surface area contributed by atoms with Crippen LogP contribution in [-0.2, 0) is 9.53 Å². The summed E-state index contributed by atoms with van der Waals surface area (Å²) in [5, 5.41) is 4.67. The fourth-order valence-electron chi connectivity index (χ4n) is 3.43. The van der Waals surface area contributed by atoms with Gasteiger partial charge in [-0.05, 0) is 37.1 Å². The van der Waals surface area contributed by atoms with Gasteiger partial charge in [-0.1, -0.05) is 0 Å². The zero-order valence-electron chi connectivity index (χ0n) is 15.2. The number of esters is 1. The third-order valence-corrected chi connectivity index (χ3v) is 5.97. The predicted octanol–water partition coefficient (Wildman–Crippen LogP) is 3.06. The highest BCUT2D eigenvalue weighted by Crippen LogP contribution is 2.39. The molecular weight excluding hydrogens is 364 g/mol. The fraction of sp³-hybridized carbons (Fsp3) is 0.474. The number of ether oxygens (including phenoxy) is 1. The molecule has 2 aliphatic rings. The van der Waals surface area contributed by atoms with Crippen LogP contribution in [0.15, 0.2) is 23.8 Å². The average Bonchev–Trinajstić information content (AvgIpc) is 3.47. The van der Waals surface area contributed by atoms with Gasteiger partial charge in [0.15, 0.2) is 0 Å². The van der Waals surface area contributed by atoms with Crippen LogP contribution in [-0.4, -0.2) is 42.0 Å². The number of hydrogen-bond donors (Lipinski definition) is 1. The Balaban J connectivity index is 1.43. The number of piperidine rings is 1. The Hall–Kier alpha value is -2.48. The van der Waals surface area contributed by atoms with E-state index in [-0.39, 0.29) is 11.8 Å². The Morgan fingerprint density at radius 3 is 2.93 bits per heavy atom. The molecular formula is C19H22N4O3S. The van der Waals surface area contributed by atoms with Crippen molar-refractivity contribution < 1.29 is 14.3 Å². The van der Waals surface area contributed by atoms with E-state index in [1.54, 1.807) is 17.8 Å². The van der Waals surface area contributed by atoms with Gasteiger partial charge in [0.1, 0.15) is 17.0 Å². The molecule has 2 aromatic rings. The molecule has 1 aliphatic carbocycles. The largest absolute Gasteiger partial charge is 0.465 e. The van der Waals surface area contributed by atoms with E-state index in [9.17, 15) is 9.59 Å². The lowest BCUT2D eigenvalue weighted by molar-refractivity contribution is -0.120. The number of amides is 1. The number of methoxy groups -OCH3 is 1. The Kier molecular flexibility index (Phi) is 5.07. The first-order chi connectivity index (χ1) is 13.2. The number of thiophene rings is 1. The van der Waals surface area contributed by atoms with Gasteiger partial charge in [-0.25, -0.2) is 14.8 Å². The van der Waals surface area contributed by atoms with Crippen LogP contribution < -0.4 is 10.2 Å². The van der Waals surface area contributed by atoms with E-state index in [2.05, 4.69) is 26.3 Å². The summed E-state index contributed by atoms with van der Waals surface area (Å²) in [6.07, 6.45) is 5.77.